The topological polar surface area (TPSA) is 38.6 Å². The van der Waals surface area contributed by atoms with Crippen LogP contribution in [0, 0.1) is 0 Å². The predicted molar refractivity (Wildman–Crippen MR) is 61.7 cm³/mol. The van der Waals surface area contributed by atoms with Crippen LogP contribution in [0.25, 0.3) is 5.65 Å². The summed E-state index contributed by atoms with van der Waals surface area (Å²) in [6.45, 7) is 2.11. The molecular weight excluding hydrogens is 202 g/mol. The number of hydrogen-bond acceptors (Lipinski definition) is 3. The Morgan fingerprint density at radius 1 is 1.31 bits per heavy atom. The summed E-state index contributed by atoms with van der Waals surface area (Å²) in [5, 5.41) is 3.33. The van der Waals surface area contributed by atoms with Crippen LogP contribution in [-0.4, -0.2) is 28.6 Å². The Kier molecular flexibility index (Phi) is 2.50. The minimum absolute atomic E-state index is 0.349. The summed E-state index contributed by atoms with van der Waals surface area (Å²) in [6.07, 6.45) is 8.24. The molecule has 3 rings (SSSR count). The largest absolute Gasteiger partial charge is 0.489 e. The van der Waals surface area contributed by atoms with Gasteiger partial charge in [0.15, 0.2) is 0 Å². The van der Waals surface area contributed by atoms with Gasteiger partial charge in [0.2, 0.25) is 0 Å². The van der Waals surface area contributed by atoms with Gasteiger partial charge in [0.05, 0.1) is 6.20 Å². The fourth-order valence-corrected chi connectivity index (χ4v) is 2.08. The third kappa shape index (κ3) is 1.88. The monoisotopic (exact) mass is 217 g/mol. The lowest BCUT2D eigenvalue weighted by molar-refractivity contribution is 0.162. The zero-order valence-corrected chi connectivity index (χ0v) is 9.10. The molecule has 1 aliphatic rings. The number of rotatable bonds is 2. The van der Waals surface area contributed by atoms with Crippen molar-refractivity contribution in [1.82, 2.24) is 14.7 Å². The zero-order chi connectivity index (χ0) is 10.8. The van der Waals surface area contributed by atoms with Crippen molar-refractivity contribution < 1.29 is 4.74 Å². The molecule has 1 aliphatic heterocycles. The van der Waals surface area contributed by atoms with Gasteiger partial charge < -0.3 is 14.5 Å². The van der Waals surface area contributed by atoms with Gasteiger partial charge in [0, 0.05) is 12.4 Å². The smallest absolute Gasteiger partial charge is 0.136 e. The van der Waals surface area contributed by atoms with E-state index in [9.17, 15) is 0 Å². The van der Waals surface area contributed by atoms with Crippen LogP contribution in [0.15, 0.2) is 30.7 Å². The van der Waals surface area contributed by atoms with E-state index in [1.54, 1.807) is 6.20 Å². The molecule has 2 aromatic heterocycles. The number of aromatic nitrogens is 2. The second-order valence-corrected chi connectivity index (χ2v) is 4.12. The summed E-state index contributed by atoms with van der Waals surface area (Å²) in [7, 11) is 0. The average molecular weight is 217 g/mol. The van der Waals surface area contributed by atoms with Gasteiger partial charge in [-0.05, 0) is 38.1 Å². The van der Waals surface area contributed by atoms with Gasteiger partial charge >= 0.3 is 0 Å². The molecule has 0 radical (unpaired) electrons. The lowest BCUT2D eigenvalue weighted by Gasteiger charge is -2.23. The highest BCUT2D eigenvalue weighted by molar-refractivity contribution is 5.41. The third-order valence-electron chi connectivity index (χ3n) is 2.95. The molecule has 2 aromatic rings. The Bertz CT molecular complexity index is 474. The van der Waals surface area contributed by atoms with E-state index in [0.717, 1.165) is 37.3 Å². The maximum absolute atomic E-state index is 5.94. The van der Waals surface area contributed by atoms with E-state index < -0.39 is 0 Å². The van der Waals surface area contributed by atoms with Gasteiger partial charge in [-0.2, -0.15) is 0 Å². The molecule has 84 valence electrons. The number of piperidine rings is 1. The van der Waals surface area contributed by atoms with E-state index in [1.807, 2.05) is 28.9 Å². The highest BCUT2D eigenvalue weighted by Gasteiger charge is 2.14. The Labute approximate surface area is 94.3 Å². The fraction of sp³-hybridized carbons (Fsp3) is 0.417. The quantitative estimate of drug-likeness (QED) is 0.827. The Morgan fingerprint density at radius 2 is 2.19 bits per heavy atom. The summed E-state index contributed by atoms with van der Waals surface area (Å²) in [5.41, 5.74) is 0.956. The number of nitrogens with zero attached hydrogens (tertiary/aromatic N) is 2. The van der Waals surface area contributed by atoms with Crippen molar-refractivity contribution in [2.45, 2.75) is 18.9 Å². The first-order valence-corrected chi connectivity index (χ1v) is 5.72. The van der Waals surface area contributed by atoms with Crippen LogP contribution in [0.5, 0.6) is 5.75 Å². The molecule has 16 heavy (non-hydrogen) atoms. The summed E-state index contributed by atoms with van der Waals surface area (Å²) < 4.78 is 7.93. The van der Waals surface area contributed by atoms with Crippen molar-refractivity contribution in [3.63, 3.8) is 0 Å². The van der Waals surface area contributed by atoms with Crippen molar-refractivity contribution in [3.05, 3.63) is 30.7 Å². The Balaban J connectivity index is 1.77. The minimum atomic E-state index is 0.349. The second-order valence-electron chi connectivity index (χ2n) is 4.12. The lowest BCUT2D eigenvalue weighted by Crippen LogP contribution is -2.34. The molecule has 1 saturated heterocycles. The van der Waals surface area contributed by atoms with Crippen molar-refractivity contribution in [3.8, 4) is 5.75 Å². The van der Waals surface area contributed by atoms with Gasteiger partial charge in [-0.3, -0.25) is 0 Å². The summed E-state index contributed by atoms with van der Waals surface area (Å²) in [4.78, 5) is 4.20. The van der Waals surface area contributed by atoms with Crippen LogP contribution in [0.3, 0.4) is 0 Å². The van der Waals surface area contributed by atoms with Crippen molar-refractivity contribution in [1.29, 1.82) is 0 Å². The van der Waals surface area contributed by atoms with E-state index in [4.69, 9.17) is 4.74 Å². The first-order chi connectivity index (χ1) is 7.92. The van der Waals surface area contributed by atoms with E-state index >= 15 is 0 Å². The lowest BCUT2D eigenvalue weighted by atomic mass is 10.1. The normalized spacial score (nSPS) is 17.8. The van der Waals surface area contributed by atoms with E-state index in [0.29, 0.717) is 6.10 Å². The maximum atomic E-state index is 5.94. The number of pyridine rings is 1. The number of nitrogens with one attached hydrogen (secondary N) is 1. The van der Waals surface area contributed by atoms with Crippen molar-refractivity contribution in [2.75, 3.05) is 13.1 Å². The molecule has 4 heteroatoms. The van der Waals surface area contributed by atoms with Gasteiger partial charge in [-0.15, -0.1) is 0 Å². The van der Waals surface area contributed by atoms with Crippen LogP contribution in [0.2, 0.25) is 0 Å². The molecule has 0 bridgehead atoms. The van der Waals surface area contributed by atoms with E-state index in [-0.39, 0.29) is 0 Å². The van der Waals surface area contributed by atoms with Gasteiger partial charge in [-0.25, -0.2) is 4.98 Å². The molecule has 1 N–H and O–H groups in total. The predicted octanol–water partition coefficient (Wildman–Crippen LogP) is 1.47. The molecule has 0 unspecified atom stereocenters. The van der Waals surface area contributed by atoms with E-state index in [2.05, 4.69) is 10.3 Å². The first-order valence-electron chi connectivity index (χ1n) is 5.72. The molecule has 1 fully saturated rings. The summed E-state index contributed by atoms with van der Waals surface area (Å²) in [5.74, 6) is 0.928. The van der Waals surface area contributed by atoms with Gasteiger partial charge in [0.1, 0.15) is 17.5 Å². The zero-order valence-electron chi connectivity index (χ0n) is 9.10. The third-order valence-corrected chi connectivity index (χ3v) is 2.95. The molecule has 4 nitrogen and oxygen atoms in total. The van der Waals surface area contributed by atoms with Crippen LogP contribution in [-0.2, 0) is 0 Å². The van der Waals surface area contributed by atoms with Crippen molar-refractivity contribution >= 4 is 5.65 Å². The van der Waals surface area contributed by atoms with Gasteiger partial charge in [0.25, 0.3) is 0 Å². The molecule has 0 spiro atoms. The molecule has 0 aliphatic carbocycles. The Hall–Kier alpha value is -1.55. The number of imidazole rings is 1. The fourth-order valence-electron chi connectivity index (χ4n) is 2.08. The minimum Gasteiger partial charge on any atom is -0.489 e. The number of ether oxygens (including phenoxy) is 1. The van der Waals surface area contributed by atoms with Crippen LogP contribution in [0.1, 0.15) is 12.8 Å². The van der Waals surface area contributed by atoms with Crippen LogP contribution < -0.4 is 10.1 Å². The summed E-state index contributed by atoms with van der Waals surface area (Å²) >= 11 is 0. The second kappa shape index (κ2) is 4.14. The highest BCUT2D eigenvalue weighted by Crippen LogP contribution is 2.17. The molecule has 0 atom stereocenters. The standard InChI is InChI=1S/C12H15N3O/c1-2-12-14-7-8-15(12)9-11(1)16-10-3-5-13-6-4-10/h1-2,7-10,13H,3-6H2. The molecule has 0 saturated carbocycles. The Morgan fingerprint density at radius 3 is 3.06 bits per heavy atom. The summed E-state index contributed by atoms with van der Waals surface area (Å²) in [6, 6.07) is 3.97. The maximum Gasteiger partial charge on any atom is 0.136 e. The SMILES string of the molecule is c1cn2cc(OC3CCNCC3)ccc2n1. The molecule has 0 aromatic carbocycles. The molecule has 3 heterocycles. The number of hydrogen-bond donors (Lipinski definition) is 1. The number of fused-ring (bicyclic) bond motifs is 1. The van der Waals surface area contributed by atoms with Crippen molar-refractivity contribution in [2.24, 2.45) is 0 Å². The van der Waals surface area contributed by atoms with E-state index in [1.165, 1.54) is 0 Å². The van der Waals surface area contributed by atoms with Crippen LogP contribution in [0.4, 0.5) is 0 Å². The molecule has 0 amide bonds. The average Bonchev–Trinajstić information content (AvgIpc) is 2.77. The van der Waals surface area contributed by atoms with Gasteiger partial charge in [-0.1, -0.05) is 0 Å². The molecular formula is C12H15N3O. The first kappa shape index (κ1) is 9.66. The van der Waals surface area contributed by atoms with Crippen LogP contribution >= 0.6 is 0 Å². The highest BCUT2D eigenvalue weighted by atomic mass is 16.5.